The number of piperidine rings is 1. The molecule has 0 bridgehead atoms. The number of fused-ring (bicyclic) bond motifs is 1. The number of nitrogens with zero attached hydrogens (tertiary/aromatic N) is 2. The molecule has 41 heavy (non-hydrogen) atoms. The van der Waals surface area contributed by atoms with Gasteiger partial charge in [0.1, 0.15) is 0 Å². The molecule has 2 aromatic carbocycles. The number of morpholine rings is 1. The summed E-state index contributed by atoms with van der Waals surface area (Å²) >= 11 is 0. The zero-order chi connectivity index (χ0) is 29.9. The molecule has 10 N–H and O–H groups in total. The zero-order valence-corrected chi connectivity index (χ0v) is 21.4. The topological polar surface area (TPSA) is 253 Å². The molecule has 0 aliphatic carbocycles. The minimum absolute atomic E-state index is 0.00280. The molecule has 3 aliphatic rings. The molecule has 3 amide bonds. The Morgan fingerprint density at radius 1 is 0.927 bits per heavy atom. The van der Waals surface area contributed by atoms with Crippen LogP contribution in [0.1, 0.15) is 27.0 Å². The van der Waals surface area contributed by atoms with Crippen LogP contribution in [-0.2, 0) is 34.0 Å². The number of aromatic hydroxyl groups is 4. The van der Waals surface area contributed by atoms with E-state index in [1.54, 1.807) is 5.32 Å². The van der Waals surface area contributed by atoms with Crippen LogP contribution in [0, 0.1) is 0 Å². The summed E-state index contributed by atoms with van der Waals surface area (Å²) in [5, 5.41) is 87.6. The third-order valence-electron chi connectivity index (χ3n) is 7.54. The molecule has 1 unspecified atom stereocenters. The van der Waals surface area contributed by atoms with E-state index in [0.717, 1.165) is 0 Å². The molecule has 0 aromatic heterocycles. The first kappa shape index (κ1) is 28.3. The van der Waals surface area contributed by atoms with Gasteiger partial charge in [-0.1, -0.05) is 6.07 Å². The summed E-state index contributed by atoms with van der Waals surface area (Å²) in [7, 11) is 0. The fraction of sp³-hybridized carbons (Fsp3) is 0.400. The number of benzene rings is 2. The van der Waals surface area contributed by atoms with Crippen molar-refractivity contribution in [3.63, 3.8) is 0 Å². The van der Waals surface area contributed by atoms with E-state index in [9.17, 15) is 55.2 Å². The van der Waals surface area contributed by atoms with Crippen molar-refractivity contribution in [3.05, 3.63) is 40.5 Å². The summed E-state index contributed by atoms with van der Waals surface area (Å²) in [5.74, 6) is -14.2. The number of rotatable bonds is 6. The van der Waals surface area contributed by atoms with Crippen LogP contribution in [0.5, 0.6) is 23.0 Å². The summed E-state index contributed by atoms with van der Waals surface area (Å²) < 4.78 is 5.27. The number of amides is 3. The lowest BCUT2D eigenvalue weighted by atomic mass is 9.90. The average Bonchev–Trinajstić information content (AvgIpc) is 3.26. The van der Waals surface area contributed by atoms with Crippen LogP contribution >= 0.6 is 0 Å². The van der Waals surface area contributed by atoms with Gasteiger partial charge in [-0.25, -0.2) is 0 Å². The van der Waals surface area contributed by atoms with Crippen molar-refractivity contribution in [2.45, 2.75) is 37.3 Å². The van der Waals surface area contributed by atoms with Gasteiger partial charge in [-0.3, -0.25) is 24.6 Å². The molecule has 2 saturated heterocycles. The van der Waals surface area contributed by atoms with E-state index in [4.69, 9.17) is 4.74 Å². The summed E-state index contributed by atoms with van der Waals surface area (Å²) in [6.07, 6.45) is 0. The molecule has 1 atom stereocenters. The fourth-order valence-corrected chi connectivity index (χ4v) is 5.18. The Hall–Kier alpha value is -4.19. The van der Waals surface area contributed by atoms with Crippen molar-refractivity contribution in [2.75, 3.05) is 31.6 Å². The van der Waals surface area contributed by atoms with Gasteiger partial charge in [-0.2, -0.15) is 0 Å². The third kappa shape index (κ3) is 4.46. The monoisotopic (exact) mass is 576 g/mol. The van der Waals surface area contributed by atoms with Gasteiger partial charge in [0.05, 0.1) is 24.3 Å². The lowest BCUT2D eigenvalue weighted by molar-refractivity contribution is -0.355. The van der Waals surface area contributed by atoms with Gasteiger partial charge >= 0.3 is 5.79 Å². The highest BCUT2D eigenvalue weighted by Gasteiger charge is 2.67. The van der Waals surface area contributed by atoms with Crippen molar-refractivity contribution < 1.29 is 60.0 Å². The Morgan fingerprint density at radius 3 is 2.17 bits per heavy atom. The first-order valence-electron chi connectivity index (χ1n) is 12.5. The Morgan fingerprint density at radius 2 is 1.54 bits per heavy atom. The molecule has 2 aromatic rings. The lowest BCUT2D eigenvalue weighted by Crippen LogP contribution is -2.79. The van der Waals surface area contributed by atoms with Gasteiger partial charge in [-0.05, 0) is 12.1 Å². The van der Waals surface area contributed by atoms with E-state index in [-0.39, 0.29) is 41.0 Å². The molecular formula is C25H28N4O12. The predicted molar refractivity (Wildman–Crippen MR) is 134 cm³/mol. The Balaban J connectivity index is 1.40. The minimum Gasteiger partial charge on any atom is -0.504 e. The van der Waals surface area contributed by atoms with Crippen LogP contribution in [-0.4, -0.2) is 112 Å². The number of ether oxygens (including phenoxy) is 1. The van der Waals surface area contributed by atoms with Gasteiger partial charge in [0, 0.05) is 49.5 Å². The highest BCUT2D eigenvalue weighted by molar-refractivity contribution is 6.08. The summed E-state index contributed by atoms with van der Waals surface area (Å²) in [6, 6.07) is 2.02. The molecule has 16 heteroatoms. The van der Waals surface area contributed by atoms with Gasteiger partial charge < -0.3 is 55.8 Å². The number of hydrogen-bond donors (Lipinski definition) is 10. The lowest BCUT2D eigenvalue weighted by Gasteiger charge is -2.44. The van der Waals surface area contributed by atoms with Crippen molar-refractivity contribution in [2.24, 2.45) is 0 Å². The number of carbonyl (C=O) groups excluding carboxylic acids is 3. The van der Waals surface area contributed by atoms with E-state index >= 15 is 0 Å². The van der Waals surface area contributed by atoms with Crippen molar-refractivity contribution >= 4 is 23.4 Å². The molecule has 3 aliphatic heterocycles. The van der Waals surface area contributed by atoms with Gasteiger partial charge in [0.15, 0.2) is 29.0 Å². The second-order valence-electron chi connectivity index (χ2n) is 9.98. The SMILES string of the molecule is O=C1NC(=O)C(O)(O)C(O)(O)C1N1Cc2c(NCc3c(O)c(O)c(CN4CCOCC4)c(O)c3O)cccc2C1=O. The third-order valence-corrected chi connectivity index (χ3v) is 7.54. The van der Waals surface area contributed by atoms with Crippen LogP contribution in [0.3, 0.4) is 0 Å². The van der Waals surface area contributed by atoms with E-state index < -0.39 is 64.9 Å². The van der Waals surface area contributed by atoms with Crippen molar-refractivity contribution in [1.29, 1.82) is 0 Å². The fourth-order valence-electron chi connectivity index (χ4n) is 5.18. The van der Waals surface area contributed by atoms with E-state index in [0.29, 0.717) is 31.2 Å². The largest absolute Gasteiger partial charge is 0.504 e. The second-order valence-corrected chi connectivity index (χ2v) is 9.98. The molecule has 0 spiro atoms. The summed E-state index contributed by atoms with van der Waals surface area (Å²) in [4.78, 5) is 39.9. The number of carbonyl (C=O) groups is 3. The predicted octanol–water partition coefficient (Wildman–Crippen LogP) is -2.70. The first-order valence-corrected chi connectivity index (χ1v) is 12.5. The maximum Gasteiger partial charge on any atom is 0.303 e. The maximum atomic E-state index is 13.1. The highest BCUT2D eigenvalue weighted by Crippen LogP contribution is 2.47. The number of anilines is 1. The quantitative estimate of drug-likeness (QED) is 0.0727. The number of nitrogens with one attached hydrogen (secondary N) is 2. The van der Waals surface area contributed by atoms with Gasteiger partial charge in [0.25, 0.3) is 23.5 Å². The molecule has 5 rings (SSSR count). The molecule has 220 valence electrons. The van der Waals surface area contributed by atoms with Crippen LogP contribution < -0.4 is 10.6 Å². The van der Waals surface area contributed by atoms with E-state index in [1.807, 2.05) is 4.90 Å². The van der Waals surface area contributed by atoms with Crippen LogP contribution in [0.25, 0.3) is 0 Å². The molecular weight excluding hydrogens is 548 g/mol. The van der Waals surface area contributed by atoms with Crippen LogP contribution in [0.15, 0.2) is 18.2 Å². The van der Waals surface area contributed by atoms with Crippen LogP contribution in [0.4, 0.5) is 5.69 Å². The Bertz CT molecular complexity index is 1410. The van der Waals surface area contributed by atoms with Gasteiger partial charge in [0.2, 0.25) is 0 Å². The number of phenolic OH excluding ortho intramolecular Hbond substituents is 4. The Labute approximate surface area is 231 Å². The Kier molecular flexibility index (Phi) is 6.93. The first-order chi connectivity index (χ1) is 19.3. The van der Waals surface area contributed by atoms with E-state index in [1.165, 1.54) is 18.2 Å². The minimum atomic E-state index is -3.81. The maximum absolute atomic E-state index is 13.1. The number of phenols is 4. The molecule has 0 radical (unpaired) electrons. The highest BCUT2D eigenvalue weighted by atomic mass is 16.6. The molecule has 16 nitrogen and oxygen atoms in total. The van der Waals surface area contributed by atoms with Gasteiger partial charge in [-0.15, -0.1) is 0 Å². The standard InChI is InChI=1S/C25H28N4O12/c30-16-12(17(31)19(33)14(18(16)32)9-28-4-6-41-7-5-28)8-26-15-3-1-2-11-13(15)10-29(22(11)35)20-21(34)27-23(36)25(39,40)24(20,37)38/h1-3,20,26,30-33,37-40H,4-10H2,(H,27,34,36). The van der Waals surface area contributed by atoms with E-state index in [2.05, 4.69) is 5.32 Å². The smallest absolute Gasteiger partial charge is 0.303 e. The van der Waals surface area contributed by atoms with Crippen molar-refractivity contribution in [3.8, 4) is 23.0 Å². The molecule has 2 fully saturated rings. The molecule has 3 heterocycles. The summed E-state index contributed by atoms with van der Waals surface area (Å²) in [6.45, 7) is 1.16. The number of hydrogen-bond acceptors (Lipinski definition) is 14. The second kappa shape index (κ2) is 10.0. The van der Waals surface area contributed by atoms with Crippen molar-refractivity contribution in [1.82, 2.24) is 15.1 Å². The number of aliphatic hydroxyl groups is 4. The normalized spacial score (nSPS) is 22.0. The number of imide groups is 1. The average molecular weight is 577 g/mol. The molecule has 0 saturated carbocycles. The van der Waals surface area contributed by atoms with Crippen LogP contribution in [0.2, 0.25) is 0 Å². The summed E-state index contributed by atoms with van der Waals surface area (Å²) in [5.41, 5.74) is 0.108. The zero-order valence-electron chi connectivity index (χ0n) is 21.4.